The standard InChI is InChI=1S/C19H15FO3S/c20-16-7-3-4-8-18(16)24-10-9-23-19(22)15-11-13-5-1-2-6-14(13)12-17(15)21/h1-8,11-12,21H,9-10H2. The largest absolute Gasteiger partial charge is 0.507 e. The van der Waals surface area contributed by atoms with E-state index in [-0.39, 0.29) is 23.7 Å². The molecule has 0 radical (unpaired) electrons. The number of fused-ring (bicyclic) bond motifs is 1. The van der Waals surface area contributed by atoms with E-state index in [1.807, 2.05) is 24.3 Å². The van der Waals surface area contributed by atoms with Gasteiger partial charge in [0, 0.05) is 10.6 Å². The van der Waals surface area contributed by atoms with E-state index in [1.165, 1.54) is 17.8 Å². The summed E-state index contributed by atoms with van der Waals surface area (Å²) in [5, 5.41) is 11.7. The van der Waals surface area contributed by atoms with Crippen LogP contribution in [0.5, 0.6) is 5.75 Å². The van der Waals surface area contributed by atoms with E-state index in [9.17, 15) is 14.3 Å². The maximum atomic E-state index is 13.5. The third-order valence-corrected chi connectivity index (χ3v) is 4.51. The Morgan fingerprint density at radius 1 is 1.04 bits per heavy atom. The summed E-state index contributed by atoms with van der Waals surface area (Å²) >= 11 is 1.28. The molecule has 0 unspecified atom stereocenters. The van der Waals surface area contributed by atoms with Crippen LogP contribution in [0.1, 0.15) is 10.4 Å². The summed E-state index contributed by atoms with van der Waals surface area (Å²) in [4.78, 5) is 12.6. The van der Waals surface area contributed by atoms with Crippen molar-refractivity contribution in [2.45, 2.75) is 4.90 Å². The van der Waals surface area contributed by atoms with Gasteiger partial charge < -0.3 is 9.84 Å². The third-order valence-electron chi connectivity index (χ3n) is 3.49. The fourth-order valence-electron chi connectivity index (χ4n) is 2.32. The lowest BCUT2D eigenvalue weighted by atomic mass is 10.1. The van der Waals surface area contributed by atoms with Crippen LogP contribution in [0.3, 0.4) is 0 Å². The lowest BCUT2D eigenvalue weighted by Gasteiger charge is -2.08. The molecule has 3 nitrogen and oxygen atoms in total. The molecule has 0 fully saturated rings. The molecule has 3 aromatic carbocycles. The average Bonchev–Trinajstić information content (AvgIpc) is 2.59. The lowest BCUT2D eigenvalue weighted by molar-refractivity contribution is 0.0527. The molecule has 0 aliphatic carbocycles. The fourth-order valence-corrected chi connectivity index (χ4v) is 3.08. The van der Waals surface area contributed by atoms with Gasteiger partial charge in [-0.1, -0.05) is 36.4 Å². The third kappa shape index (κ3) is 3.68. The molecule has 0 atom stereocenters. The fraction of sp³-hybridized carbons (Fsp3) is 0.105. The van der Waals surface area contributed by atoms with Gasteiger partial charge in [0.2, 0.25) is 0 Å². The maximum absolute atomic E-state index is 13.5. The van der Waals surface area contributed by atoms with E-state index in [4.69, 9.17) is 4.74 Å². The molecule has 0 amide bonds. The Morgan fingerprint density at radius 2 is 1.71 bits per heavy atom. The Labute approximate surface area is 143 Å². The van der Waals surface area contributed by atoms with Crippen molar-refractivity contribution in [3.05, 3.63) is 72.0 Å². The van der Waals surface area contributed by atoms with Crippen LogP contribution in [-0.2, 0) is 4.74 Å². The minimum atomic E-state index is -0.590. The second kappa shape index (κ2) is 7.36. The lowest BCUT2D eigenvalue weighted by Crippen LogP contribution is -2.08. The predicted octanol–water partition coefficient (Wildman–Crippen LogP) is 4.63. The number of carbonyl (C=O) groups is 1. The van der Waals surface area contributed by atoms with Gasteiger partial charge in [0.25, 0.3) is 0 Å². The smallest absolute Gasteiger partial charge is 0.341 e. The van der Waals surface area contributed by atoms with Crippen LogP contribution in [0.4, 0.5) is 4.39 Å². The van der Waals surface area contributed by atoms with Crippen LogP contribution >= 0.6 is 11.8 Å². The van der Waals surface area contributed by atoms with Gasteiger partial charge in [-0.3, -0.25) is 0 Å². The number of ether oxygens (including phenoxy) is 1. The molecule has 0 spiro atoms. The Morgan fingerprint density at radius 3 is 2.46 bits per heavy atom. The van der Waals surface area contributed by atoms with Crippen LogP contribution in [0.15, 0.2) is 65.6 Å². The van der Waals surface area contributed by atoms with E-state index < -0.39 is 5.97 Å². The number of phenols is 1. The number of carbonyl (C=O) groups excluding carboxylic acids is 1. The number of esters is 1. The first-order valence-electron chi connectivity index (χ1n) is 7.41. The van der Waals surface area contributed by atoms with Gasteiger partial charge in [0.05, 0.1) is 0 Å². The van der Waals surface area contributed by atoms with Gasteiger partial charge >= 0.3 is 5.97 Å². The molecule has 0 aliphatic heterocycles. The van der Waals surface area contributed by atoms with Crippen LogP contribution in [0, 0.1) is 5.82 Å². The Kier molecular flexibility index (Phi) is 5.01. The van der Waals surface area contributed by atoms with Gasteiger partial charge in [-0.25, -0.2) is 9.18 Å². The number of thioether (sulfide) groups is 1. The topological polar surface area (TPSA) is 46.5 Å². The summed E-state index contributed by atoms with van der Waals surface area (Å²) in [5.74, 6) is -0.560. The Bertz CT molecular complexity index is 879. The van der Waals surface area contributed by atoms with E-state index in [0.29, 0.717) is 10.6 Å². The number of halogens is 1. The molecule has 0 aromatic heterocycles. The molecule has 3 rings (SSSR count). The van der Waals surface area contributed by atoms with Crippen molar-refractivity contribution < 1.29 is 19.0 Å². The summed E-state index contributed by atoms with van der Waals surface area (Å²) in [7, 11) is 0. The molecule has 122 valence electrons. The van der Waals surface area contributed by atoms with Gasteiger partial charge in [0.1, 0.15) is 23.7 Å². The molecule has 0 heterocycles. The number of rotatable bonds is 5. The summed E-state index contributed by atoms with van der Waals surface area (Å²) in [6.07, 6.45) is 0. The highest BCUT2D eigenvalue weighted by molar-refractivity contribution is 7.99. The van der Waals surface area contributed by atoms with Crippen molar-refractivity contribution in [3.63, 3.8) is 0 Å². The molecule has 5 heteroatoms. The van der Waals surface area contributed by atoms with Crippen LogP contribution in [-0.4, -0.2) is 23.4 Å². The number of aromatic hydroxyl groups is 1. The van der Waals surface area contributed by atoms with Gasteiger partial charge in [-0.05, 0) is 35.0 Å². The van der Waals surface area contributed by atoms with Gasteiger partial charge in [-0.2, -0.15) is 0 Å². The van der Waals surface area contributed by atoms with Gasteiger partial charge in [-0.15, -0.1) is 11.8 Å². The summed E-state index contributed by atoms with van der Waals surface area (Å²) in [6.45, 7) is 0.129. The molecule has 0 saturated heterocycles. The average molecular weight is 342 g/mol. The number of hydrogen-bond donors (Lipinski definition) is 1. The molecular weight excluding hydrogens is 327 g/mol. The first kappa shape index (κ1) is 16.3. The second-order valence-corrected chi connectivity index (χ2v) is 6.27. The van der Waals surface area contributed by atoms with E-state index >= 15 is 0 Å². The van der Waals surface area contributed by atoms with E-state index in [1.54, 1.807) is 30.3 Å². The first-order valence-corrected chi connectivity index (χ1v) is 8.40. The minimum absolute atomic E-state index is 0.111. The number of hydrogen-bond acceptors (Lipinski definition) is 4. The second-order valence-electron chi connectivity index (χ2n) is 5.13. The van der Waals surface area contributed by atoms with Crippen molar-refractivity contribution >= 4 is 28.5 Å². The quantitative estimate of drug-likeness (QED) is 0.417. The number of phenolic OH excluding ortho intramolecular Hbond substituents is 1. The van der Waals surface area contributed by atoms with Gasteiger partial charge in [0.15, 0.2) is 0 Å². The molecule has 0 bridgehead atoms. The van der Waals surface area contributed by atoms with Crippen molar-refractivity contribution in [1.29, 1.82) is 0 Å². The predicted molar refractivity (Wildman–Crippen MR) is 93.0 cm³/mol. The maximum Gasteiger partial charge on any atom is 0.341 e. The van der Waals surface area contributed by atoms with Crippen LogP contribution in [0.25, 0.3) is 10.8 Å². The number of benzene rings is 3. The highest BCUT2D eigenvalue weighted by Crippen LogP contribution is 2.26. The first-order chi connectivity index (χ1) is 11.6. The van der Waals surface area contributed by atoms with Crippen molar-refractivity contribution in [2.24, 2.45) is 0 Å². The monoisotopic (exact) mass is 342 g/mol. The highest BCUT2D eigenvalue weighted by atomic mass is 32.2. The SMILES string of the molecule is O=C(OCCSc1ccccc1F)c1cc2ccccc2cc1O. The Balaban J connectivity index is 1.61. The minimum Gasteiger partial charge on any atom is -0.507 e. The van der Waals surface area contributed by atoms with Crippen molar-refractivity contribution in [2.75, 3.05) is 12.4 Å². The molecule has 1 N–H and O–H groups in total. The molecule has 0 saturated carbocycles. The van der Waals surface area contributed by atoms with E-state index in [2.05, 4.69) is 0 Å². The summed E-state index contributed by atoms with van der Waals surface area (Å²) < 4.78 is 18.7. The van der Waals surface area contributed by atoms with E-state index in [0.717, 1.165) is 10.8 Å². The molecule has 0 aliphatic rings. The Hall–Kier alpha value is -2.53. The van der Waals surface area contributed by atoms with Crippen LogP contribution < -0.4 is 0 Å². The molecular formula is C19H15FO3S. The van der Waals surface area contributed by atoms with Crippen molar-refractivity contribution in [1.82, 2.24) is 0 Å². The molecule has 24 heavy (non-hydrogen) atoms. The summed E-state index contributed by atoms with van der Waals surface area (Å²) in [5.41, 5.74) is 0.129. The zero-order chi connectivity index (χ0) is 16.9. The van der Waals surface area contributed by atoms with Crippen LogP contribution in [0.2, 0.25) is 0 Å². The summed E-state index contributed by atoms with van der Waals surface area (Å²) in [6, 6.07) is 17.0. The van der Waals surface area contributed by atoms with Crippen molar-refractivity contribution in [3.8, 4) is 5.75 Å². The normalized spacial score (nSPS) is 10.7. The highest BCUT2D eigenvalue weighted by Gasteiger charge is 2.14. The molecule has 3 aromatic rings. The zero-order valence-electron chi connectivity index (χ0n) is 12.7. The zero-order valence-corrected chi connectivity index (χ0v) is 13.6.